The molecule has 9 aromatic carbocycles. The summed E-state index contributed by atoms with van der Waals surface area (Å²) in [4.78, 5) is 5.41. The lowest BCUT2D eigenvalue weighted by molar-refractivity contribution is 0.569. The number of hydrogen-bond donors (Lipinski definition) is 0. The second-order valence-electron chi connectivity index (χ2n) is 31.8. The van der Waals surface area contributed by atoms with Crippen molar-refractivity contribution in [1.82, 2.24) is 0 Å². The van der Waals surface area contributed by atoms with E-state index in [9.17, 15) is 0 Å². The highest BCUT2D eigenvalue weighted by Crippen LogP contribution is 2.60. The third-order valence-corrected chi connectivity index (χ3v) is 19.8. The van der Waals surface area contributed by atoms with Crippen LogP contribution < -0.4 is 26.2 Å². The first-order valence-electron chi connectivity index (χ1n) is 31.7. The number of aryl methyl sites for hydroxylation is 1. The maximum atomic E-state index is 2.71. The van der Waals surface area contributed by atoms with E-state index < -0.39 is 5.41 Å². The number of nitrogens with zero attached hydrogens (tertiary/aromatic N) is 2. The van der Waals surface area contributed by atoms with Crippen molar-refractivity contribution < 1.29 is 0 Å². The minimum Gasteiger partial charge on any atom is -0.311 e. The molecule has 3 heteroatoms. The molecule has 4 aliphatic rings. The van der Waals surface area contributed by atoms with E-state index in [1.165, 1.54) is 140 Å². The fraction of sp³-hybridized carbons (Fsp3) is 0.341. The standard InChI is InChI=1S/C82H89BN2/c1-76(2,3)53-33-37-61(38-34-53)84-71-50-66-65(63-39-32-51-26-25-31-62(51)74(63)82(66,54-27-21-19-22-28-54)55-29-23-20-24-30-55)49-68(71)83-67-46-57(78(7,8)9)36-41-70(67)85(73-48-60(81(16,17)18)47-72(84)75(73)83)69-40-35-56(77(4,5)6)45-64(69)52-42-58(79(10,11)12)44-59(43-52)80(13,14)15/h19-24,27-30,32-50H,25-26,31H2,1-18H3. The second kappa shape index (κ2) is 19.3. The maximum absolute atomic E-state index is 2.71. The Bertz CT molecular complexity index is 4060. The molecule has 0 spiro atoms. The van der Waals surface area contributed by atoms with Crippen molar-refractivity contribution in [2.45, 2.75) is 182 Å². The van der Waals surface area contributed by atoms with Gasteiger partial charge in [0.25, 0.3) is 6.71 Å². The Morgan fingerprint density at radius 1 is 0.353 bits per heavy atom. The summed E-state index contributed by atoms with van der Waals surface area (Å²) in [6.45, 7) is 42.6. The van der Waals surface area contributed by atoms with Crippen LogP contribution in [0.25, 0.3) is 22.3 Å². The van der Waals surface area contributed by atoms with Crippen LogP contribution in [-0.4, -0.2) is 6.71 Å². The molecule has 9 aromatic rings. The molecule has 2 aliphatic carbocycles. The van der Waals surface area contributed by atoms with Gasteiger partial charge < -0.3 is 9.80 Å². The van der Waals surface area contributed by atoms with E-state index in [0.717, 1.165) is 12.8 Å². The third kappa shape index (κ3) is 9.18. The molecule has 0 saturated heterocycles. The zero-order valence-electron chi connectivity index (χ0n) is 54.3. The molecule has 0 aromatic heterocycles. The third-order valence-electron chi connectivity index (χ3n) is 19.8. The Kier molecular flexibility index (Phi) is 12.9. The van der Waals surface area contributed by atoms with Crippen molar-refractivity contribution >= 4 is 57.2 Å². The van der Waals surface area contributed by atoms with Crippen LogP contribution in [0, 0.1) is 0 Å². The highest BCUT2D eigenvalue weighted by molar-refractivity contribution is 7.00. The Morgan fingerprint density at radius 2 is 0.847 bits per heavy atom. The first-order chi connectivity index (χ1) is 39.9. The summed E-state index contributed by atoms with van der Waals surface area (Å²) >= 11 is 0. The van der Waals surface area contributed by atoms with E-state index in [0.29, 0.717) is 0 Å². The maximum Gasteiger partial charge on any atom is 0.252 e. The van der Waals surface area contributed by atoms with Gasteiger partial charge >= 0.3 is 0 Å². The average molecular weight is 1110 g/mol. The van der Waals surface area contributed by atoms with Crippen LogP contribution in [-0.2, 0) is 50.7 Å². The Morgan fingerprint density at radius 3 is 1.40 bits per heavy atom. The highest BCUT2D eigenvalue weighted by atomic mass is 15.2. The molecular formula is C82H89BN2. The minimum absolute atomic E-state index is 0.0121. The number of hydrogen-bond acceptors (Lipinski definition) is 2. The summed E-state index contributed by atoms with van der Waals surface area (Å²) in [6, 6.07) is 70.7. The molecule has 13 rings (SSSR count). The van der Waals surface area contributed by atoms with Crippen LogP contribution in [0.2, 0.25) is 0 Å². The Balaban J connectivity index is 1.19. The number of anilines is 6. The van der Waals surface area contributed by atoms with Gasteiger partial charge in [0.1, 0.15) is 0 Å². The normalized spacial score (nSPS) is 15.3. The lowest BCUT2D eigenvalue weighted by Crippen LogP contribution is -2.61. The smallest absolute Gasteiger partial charge is 0.252 e. The second-order valence-corrected chi connectivity index (χ2v) is 31.8. The monoisotopic (exact) mass is 1110 g/mol. The highest BCUT2D eigenvalue weighted by Gasteiger charge is 2.52. The van der Waals surface area contributed by atoms with Gasteiger partial charge in [-0.3, -0.25) is 0 Å². The molecule has 2 aliphatic heterocycles. The van der Waals surface area contributed by atoms with Crippen LogP contribution >= 0.6 is 0 Å². The number of fused-ring (bicyclic) bond motifs is 9. The minimum atomic E-state index is -0.550. The van der Waals surface area contributed by atoms with Crippen LogP contribution in [0.1, 0.15) is 198 Å². The average Bonchev–Trinajstić information content (AvgIpc) is 2.01. The summed E-state index contributed by atoms with van der Waals surface area (Å²) in [5, 5.41) is 0. The Labute approximate surface area is 510 Å². The van der Waals surface area contributed by atoms with Gasteiger partial charge in [-0.2, -0.15) is 0 Å². The van der Waals surface area contributed by atoms with Crippen molar-refractivity contribution in [3.05, 3.63) is 243 Å². The fourth-order valence-electron chi connectivity index (χ4n) is 14.8. The van der Waals surface area contributed by atoms with Gasteiger partial charge in [0.15, 0.2) is 0 Å². The van der Waals surface area contributed by atoms with Crippen molar-refractivity contribution in [3.8, 4) is 22.3 Å². The van der Waals surface area contributed by atoms with E-state index in [-0.39, 0.29) is 39.2 Å². The van der Waals surface area contributed by atoms with E-state index in [1.54, 1.807) is 5.56 Å². The van der Waals surface area contributed by atoms with Crippen molar-refractivity contribution in [3.63, 3.8) is 0 Å². The molecule has 0 radical (unpaired) electrons. The van der Waals surface area contributed by atoms with E-state index in [2.05, 4.69) is 310 Å². The molecule has 0 bridgehead atoms. The van der Waals surface area contributed by atoms with Crippen LogP contribution in [0.5, 0.6) is 0 Å². The van der Waals surface area contributed by atoms with Gasteiger partial charge in [-0.25, -0.2) is 0 Å². The molecule has 2 nitrogen and oxygen atoms in total. The van der Waals surface area contributed by atoms with Gasteiger partial charge in [0, 0.05) is 34.0 Å². The summed E-state index contributed by atoms with van der Waals surface area (Å²) in [5.74, 6) is 0. The fourth-order valence-corrected chi connectivity index (χ4v) is 14.8. The van der Waals surface area contributed by atoms with Crippen molar-refractivity contribution in [2.24, 2.45) is 0 Å². The quantitative estimate of drug-likeness (QED) is 0.159. The largest absolute Gasteiger partial charge is 0.311 e. The summed E-state index contributed by atoms with van der Waals surface area (Å²) in [5.41, 5.74) is 32.2. The van der Waals surface area contributed by atoms with Gasteiger partial charge in [-0.05, 0) is 200 Å². The van der Waals surface area contributed by atoms with E-state index in [4.69, 9.17) is 0 Å². The van der Waals surface area contributed by atoms with Crippen LogP contribution in [0.3, 0.4) is 0 Å². The molecule has 430 valence electrons. The van der Waals surface area contributed by atoms with Crippen molar-refractivity contribution in [2.75, 3.05) is 9.80 Å². The molecule has 0 atom stereocenters. The zero-order chi connectivity index (χ0) is 60.3. The molecule has 0 N–H and O–H groups in total. The molecule has 0 saturated carbocycles. The van der Waals surface area contributed by atoms with Gasteiger partial charge in [-0.1, -0.05) is 252 Å². The molecule has 0 amide bonds. The molecule has 2 heterocycles. The SMILES string of the molecule is CC(C)(C)c1ccc(N2c3cc4c(cc3B3c5cc(C(C)(C)C)ccc5N(c5ccc(C(C)(C)C)cc5-c5cc(C(C)(C)C)cc(C(C)(C)C)c5)c5cc(C(C)(C)C)cc2c53)-c2ccc3c(c2C4(c2ccccc2)c2ccccc2)CCC3)cc1. The number of benzene rings is 9. The number of rotatable bonds is 5. The Hall–Kier alpha value is -7.36. The molecule has 0 fully saturated rings. The molecular weight excluding hydrogens is 1020 g/mol. The summed E-state index contributed by atoms with van der Waals surface area (Å²) < 4.78 is 0. The first kappa shape index (κ1) is 56.8. The van der Waals surface area contributed by atoms with Gasteiger partial charge in [-0.15, -0.1) is 0 Å². The molecule has 0 unspecified atom stereocenters. The zero-order valence-corrected chi connectivity index (χ0v) is 54.3. The first-order valence-corrected chi connectivity index (χ1v) is 31.7. The van der Waals surface area contributed by atoms with E-state index >= 15 is 0 Å². The van der Waals surface area contributed by atoms with Crippen molar-refractivity contribution in [1.29, 1.82) is 0 Å². The van der Waals surface area contributed by atoms with Gasteiger partial charge in [0.2, 0.25) is 0 Å². The predicted molar refractivity (Wildman–Crippen MR) is 367 cm³/mol. The molecule has 85 heavy (non-hydrogen) atoms. The van der Waals surface area contributed by atoms with Crippen LogP contribution in [0.4, 0.5) is 34.1 Å². The lowest BCUT2D eigenvalue weighted by Gasteiger charge is -2.46. The lowest BCUT2D eigenvalue weighted by atomic mass is 9.33. The summed E-state index contributed by atoms with van der Waals surface area (Å²) in [7, 11) is 0. The van der Waals surface area contributed by atoms with Gasteiger partial charge in [0.05, 0.1) is 11.1 Å². The predicted octanol–water partition coefficient (Wildman–Crippen LogP) is 20.1. The topological polar surface area (TPSA) is 6.48 Å². The van der Waals surface area contributed by atoms with E-state index in [1.807, 2.05) is 0 Å². The summed E-state index contributed by atoms with van der Waals surface area (Å²) in [6.07, 6.45) is 3.38. The van der Waals surface area contributed by atoms with Crippen LogP contribution in [0.15, 0.2) is 176 Å².